The maximum absolute atomic E-state index is 13.0. The SMILES string of the molecule is CS(=O)(=O)N1CCN(c2ncccc2NS(=O)(=O)c2ccc3c(O)c(C(N)=O)oc3c2)CC1. The number of fused-ring (bicyclic) bond motifs is 1. The summed E-state index contributed by atoms with van der Waals surface area (Å²) in [5, 5.41) is 10.2. The Labute approximate surface area is 189 Å². The summed E-state index contributed by atoms with van der Waals surface area (Å²) in [6.45, 7) is 1.18. The van der Waals surface area contributed by atoms with Crippen molar-refractivity contribution in [3.63, 3.8) is 0 Å². The molecule has 0 atom stereocenters. The van der Waals surface area contributed by atoms with Crippen LogP contribution in [0.2, 0.25) is 0 Å². The summed E-state index contributed by atoms with van der Waals surface area (Å²) in [5.41, 5.74) is 5.35. The Morgan fingerprint density at radius 1 is 1.15 bits per heavy atom. The van der Waals surface area contributed by atoms with E-state index < -0.39 is 37.5 Å². The van der Waals surface area contributed by atoms with E-state index in [1.807, 2.05) is 0 Å². The summed E-state index contributed by atoms with van der Waals surface area (Å²) < 4.78 is 58.6. The van der Waals surface area contributed by atoms with E-state index in [4.69, 9.17) is 10.2 Å². The van der Waals surface area contributed by atoms with Crippen LogP contribution in [0.3, 0.4) is 0 Å². The van der Waals surface area contributed by atoms with E-state index in [-0.39, 0.29) is 34.6 Å². The second-order valence-corrected chi connectivity index (χ2v) is 11.1. The molecule has 4 N–H and O–H groups in total. The number of nitrogens with two attached hydrogens (primary N) is 1. The molecule has 0 radical (unpaired) electrons. The summed E-state index contributed by atoms with van der Waals surface area (Å²) >= 11 is 0. The number of nitrogens with zero attached hydrogens (tertiary/aromatic N) is 3. The van der Waals surface area contributed by atoms with Gasteiger partial charge >= 0.3 is 0 Å². The van der Waals surface area contributed by atoms with Crippen LogP contribution in [-0.4, -0.2) is 69.6 Å². The number of carbonyl (C=O) groups is 1. The second-order valence-electron chi connectivity index (χ2n) is 7.43. The number of anilines is 2. The minimum atomic E-state index is -4.10. The lowest BCUT2D eigenvalue weighted by atomic mass is 10.2. The molecule has 0 aliphatic carbocycles. The van der Waals surface area contributed by atoms with Crippen LogP contribution in [0.5, 0.6) is 5.75 Å². The molecule has 1 aromatic carbocycles. The van der Waals surface area contributed by atoms with E-state index in [0.717, 1.165) is 6.26 Å². The molecule has 0 saturated carbocycles. The number of pyridine rings is 1. The number of carbonyl (C=O) groups excluding carboxylic acids is 1. The zero-order valence-electron chi connectivity index (χ0n) is 17.4. The van der Waals surface area contributed by atoms with Crippen molar-refractivity contribution in [2.45, 2.75) is 4.90 Å². The van der Waals surface area contributed by atoms with E-state index in [0.29, 0.717) is 18.9 Å². The van der Waals surface area contributed by atoms with Gasteiger partial charge in [0.2, 0.25) is 15.8 Å². The van der Waals surface area contributed by atoms with Crippen LogP contribution < -0.4 is 15.4 Å². The van der Waals surface area contributed by atoms with Crippen molar-refractivity contribution >= 4 is 48.4 Å². The Morgan fingerprint density at radius 2 is 1.85 bits per heavy atom. The van der Waals surface area contributed by atoms with E-state index in [1.54, 1.807) is 17.0 Å². The summed E-state index contributed by atoms with van der Waals surface area (Å²) in [5.74, 6) is -1.54. The fraction of sp³-hybridized carbons (Fsp3) is 0.263. The van der Waals surface area contributed by atoms with E-state index >= 15 is 0 Å². The molecular weight excluding hydrogens is 474 g/mol. The maximum Gasteiger partial charge on any atom is 0.288 e. The van der Waals surface area contributed by atoms with Crippen LogP contribution in [0.25, 0.3) is 11.0 Å². The van der Waals surface area contributed by atoms with Crippen LogP contribution in [0.15, 0.2) is 45.8 Å². The lowest BCUT2D eigenvalue weighted by molar-refractivity contribution is 0.0972. The van der Waals surface area contributed by atoms with Crippen LogP contribution in [0, 0.1) is 0 Å². The third-order valence-electron chi connectivity index (χ3n) is 5.21. The molecule has 0 spiro atoms. The molecule has 12 nitrogen and oxygen atoms in total. The normalized spacial score (nSPS) is 15.6. The van der Waals surface area contributed by atoms with Gasteiger partial charge in [-0.2, -0.15) is 4.31 Å². The molecule has 1 saturated heterocycles. The van der Waals surface area contributed by atoms with Crippen molar-refractivity contribution < 1.29 is 31.2 Å². The van der Waals surface area contributed by atoms with Gasteiger partial charge in [-0.3, -0.25) is 9.52 Å². The minimum Gasteiger partial charge on any atom is -0.504 e. The lowest BCUT2D eigenvalue weighted by Crippen LogP contribution is -2.48. The Balaban J connectivity index is 1.61. The highest BCUT2D eigenvalue weighted by atomic mass is 32.2. The first-order chi connectivity index (χ1) is 15.5. The molecule has 2 aromatic heterocycles. The Kier molecular flexibility index (Phi) is 5.67. The highest BCUT2D eigenvalue weighted by molar-refractivity contribution is 7.92. The number of rotatable bonds is 6. The Hall–Kier alpha value is -3.36. The van der Waals surface area contributed by atoms with Crippen LogP contribution in [-0.2, 0) is 20.0 Å². The fourth-order valence-electron chi connectivity index (χ4n) is 3.56. The molecule has 0 bridgehead atoms. The molecule has 1 amide bonds. The predicted molar refractivity (Wildman–Crippen MR) is 120 cm³/mol. The smallest absolute Gasteiger partial charge is 0.288 e. The first-order valence-electron chi connectivity index (χ1n) is 9.70. The Bertz CT molecular complexity index is 1440. The Morgan fingerprint density at radius 3 is 2.48 bits per heavy atom. The molecule has 4 rings (SSSR count). The molecule has 1 aliphatic heterocycles. The predicted octanol–water partition coefficient (Wildman–Crippen LogP) is 0.515. The number of hydrogen-bond donors (Lipinski definition) is 3. The van der Waals surface area contributed by atoms with Crippen molar-refractivity contribution in [2.24, 2.45) is 5.73 Å². The second kappa shape index (κ2) is 8.20. The molecule has 1 fully saturated rings. The van der Waals surface area contributed by atoms with E-state index in [2.05, 4.69) is 9.71 Å². The van der Waals surface area contributed by atoms with Crippen LogP contribution >= 0.6 is 0 Å². The minimum absolute atomic E-state index is 0.0209. The molecule has 14 heteroatoms. The highest BCUT2D eigenvalue weighted by Gasteiger charge is 2.27. The molecule has 3 heterocycles. The number of benzene rings is 1. The quantitative estimate of drug-likeness (QED) is 0.440. The van der Waals surface area contributed by atoms with Gasteiger partial charge in [0.1, 0.15) is 5.58 Å². The third-order valence-corrected chi connectivity index (χ3v) is 7.87. The highest BCUT2D eigenvalue weighted by Crippen LogP contribution is 2.34. The number of aromatic nitrogens is 1. The van der Waals surface area contributed by atoms with Crippen molar-refractivity contribution in [2.75, 3.05) is 42.1 Å². The monoisotopic (exact) mass is 495 g/mol. The average Bonchev–Trinajstić information content (AvgIpc) is 3.10. The number of aromatic hydroxyl groups is 1. The standard InChI is InChI=1S/C19H21N5O7S2/c1-32(27,28)24-9-7-23(8-10-24)19-14(3-2-6-21-19)22-33(29,30)12-4-5-13-15(11-12)31-17(16(13)25)18(20)26/h2-6,11,22,25H,7-10H2,1H3,(H2,20,26). The number of nitrogens with one attached hydrogen (secondary N) is 1. The van der Waals surface area contributed by atoms with Gasteiger partial charge in [0.15, 0.2) is 11.6 Å². The number of hydrogen-bond acceptors (Lipinski definition) is 9. The molecule has 0 unspecified atom stereocenters. The van der Waals surface area contributed by atoms with E-state index in [1.165, 1.54) is 28.7 Å². The van der Waals surface area contributed by atoms with Gasteiger partial charge in [-0.05, 0) is 24.3 Å². The first kappa shape index (κ1) is 22.8. The van der Waals surface area contributed by atoms with Gasteiger partial charge in [-0.15, -0.1) is 0 Å². The summed E-state index contributed by atoms with van der Waals surface area (Å²) in [6, 6.07) is 6.85. The van der Waals surface area contributed by atoms with Gasteiger partial charge in [-0.25, -0.2) is 21.8 Å². The molecular formula is C19H21N5O7S2. The van der Waals surface area contributed by atoms with Gasteiger partial charge in [0, 0.05) is 38.4 Å². The average molecular weight is 496 g/mol. The molecule has 176 valence electrons. The zero-order chi connectivity index (χ0) is 24.0. The maximum atomic E-state index is 13.0. The fourth-order valence-corrected chi connectivity index (χ4v) is 5.46. The van der Waals surface area contributed by atoms with E-state index in [9.17, 15) is 26.7 Å². The van der Waals surface area contributed by atoms with Crippen molar-refractivity contribution in [1.29, 1.82) is 0 Å². The first-order valence-corrected chi connectivity index (χ1v) is 13.0. The number of furan rings is 1. The summed E-state index contributed by atoms with van der Waals surface area (Å²) in [7, 11) is -7.42. The number of primary amides is 1. The van der Waals surface area contributed by atoms with Gasteiger partial charge < -0.3 is 20.2 Å². The van der Waals surface area contributed by atoms with Crippen molar-refractivity contribution in [1.82, 2.24) is 9.29 Å². The summed E-state index contributed by atoms with van der Waals surface area (Å²) in [4.78, 5) is 17.3. The number of sulfonamides is 2. The molecule has 1 aliphatic rings. The van der Waals surface area contributed by atoms with Gasteiger partial charge in [0.05, 0.1) is 22.2 Å². The van der Waals surface area contributed by atoms with Crippen molar-refractivity contribution in [3.8, 4) is 5.75 Å². The number of piperazine rings is 1. The zero-order valence-corrected chi connectivity index (χ0v) is 19.1. The third kappa shape index (κ3) is 4.44. The number of amides is 1. The largest absolute Gasteiger partial charge is 0.504 e. The lowest BCUT2D eigenvalue weighted by Gasteiger charge is -2.34. The van der Waals surface area contributed by atoms with Crippen molar-refractivity contribution in [3.05, 3.63) is 42.3 Å². The van der Waals surface area contributed by atoms with Gasteiger partial charge in [-0.1, -0.05) is 0 Å². The molecule has 3 aromatic rings. The topological polar surface area (TPSA) is 176 Å². The van der Waals surface area contributed by atoms with Gasteiger partial charge in [0.25, 0.3) is 15.9 Å². The van der Waals surface area contributed by atoms with Crippen LogP contribution in [0.4, 0.5) is 11.5 Å². The van der Waals surface area contributed by atoms with Crippen LogP contribution in [0.1, 0.15) is 10.6 Å². The molecule has 33 heavy (non-hydrogen) atoms. The summed E-state index contributed by atoms with van der Waals surface area (Å²) in [6.07, 6.45) is 2.66.